The zero-order valence-corrected chi connectivity index (χ0v) is 14.2. The number of halogens is 1. The van der Waals surface area contributed by atoms with E-state index < -0.39 is 0 Å². The van der Waals surface area contributed by atoms with Gasteiger partial charge in [0.15, 0.2) is 5.78 Å². The number of carbonyl (C=O) groups excluding carboxylic acids is 2. The minimum atomic E-state index is -0.348. The molecule has 0 bridgehead atoms. The molecule has 0 aliphatic heterocycles. The fraction of sp³-hybridized carbons (Fsp3) is 0.150. The predicted octanol–water partition coefficient (Wildman–Crippen LogP) is 4.51. The van der Waals surface area contributed by atoms with Crippen LogP contribution in [0.2, 0.25) is 0 Å². The van der Waals surface area contributed by atoms with Gasteiger partial charge in [-0.3, -0.25) is 9.59 Å². The Bertz CT molecular complexity index is 995. The molecule has 0 saturated carbocycles. The Morgan fingerprint density at radius 3 is 2.32 bits per heavy atom. The predicted molar refractivity (Wildman–Crippen MR) is 96.2 cm³/mol. The lowest BCUT2D eigenvalue weighted by Crippen LogP contribution is -2.09. The van der Waals surface area contributed by atoms with E-state index in [9.17, 15) is 14.0 Å². The number of ketones is 1. The number of amides is 1. The number of benzene rings is 2. The van der Waals surface area contributed by atoms with E-state index in [1.54, 1.807) is 12.1 Å². The van der Waals surface area contributed by atoms with Gasteiger partial charge in [-0.05, 0) is 55.3 Å². The Morgan fingerprint density at radius 2 is 1.72 bits per heavy atom. The lowest BCUT2D eigenvalue weighted by Gasteiger charge is -2.13. The van der Waals surface area contributed by atoms with Crippen LogP contribution in [0.4, 0.5) is 10.2 Å². The Hall–Kier alpha value is -3.08. The van der Waals surface area contributed by atoms with E-state index >= 15 is 0 Å². The average Bonchev–Trinajstić information content (AvgIpc) is 2.53. The number of nitrogens with one attached hydrogen (secondary N) is 1. The Balaban J connectivity index is 2.33. The minimum absolute atomic E-state index is 0.0622. The van der Waals surface area contributed by atoms with Crippen LogP contribution < -0.4 is 5.32 Å². The van der Waals surface area contributed by atoms with Crippen molar-refractivity contribution in [2.75, 3.05) is 5.32 Å². The number of aryl methyl sites for hydroxylation is 1. The molecule has 0 radical (unpaired) electrons. The Morgan fingerprint density at radius 1 is 1.04 bits per heavy atom. The SMILES string of the molecule is CC(=O)Nc1nc2cc(C)cc(C(C)=O)c2cc1-c1ccc(F)cc1. The van der Waals surface area contributed by atoms with E-state index in [-0.39, 0.29) is 17.5 Å². The molecule has 0 spiro atoms. The maximum atomic E-state index is 13.3. The molecule has 3 rings (SSSR count). The molecule has 0 aliphatic rings. The van der Waals surface area contributed by atoms with Crippen molar-refractivity contribution in [3.05, 3.63) is 59.4 Å². The van der Waals surface area contributed by atoms with Crippen LogP contribution in [0.15, 0.2) is 42.5 Å². The number of carbonyl (C=O) groups is 2. The number of Topliss-reactive ketones (excluding diaryl/α,β-unsaturated/α-hetero) is 1. The van der Waals surface area contributed by atoms with Crippen LogP contribution in [0.3, 0.4) is 0 Å². The maximum Gasteiger partial charge on any atom is 0.222 e. The summed E-state index contributed by atoms with van der Waals surface area (Å²) in [5.41, 5.74) is 3.44. The fourth-order valence-electron chi connectivity index (χ4n) is 2.82. The summed E-state index contributed by atoms with van der Waals surface area (Å²) in [4.78, 5) is 28.1. The number of pyridine rings is 1. The van der Waals surface area contributed by atoms with Crippen molar-refractivity contribution < 1.29 is 14.0 Å². The highest BCUT2D eigenvalue weighted by molar-refractivity contribution is 6.08. The highest BCUT2D eigenvalue weighted by Gasteiger charge is 2.15. The largest absolute Gasteiger partial charge is 0.310 e. The van der Waals surface area contributed by atoms with Gasteiger partial charge in [0.2, 0.25) is 5.91 Å². The van der Waals surface area contributed by atoms with Gasteiger partial charge in [0, 0.05) is 23.4 Å². The molecule has 5 heteroatoms. The summed E-state index contributed by atoms with van der Waals surface area (Å²) in [5.74, 6) is -0.284. The third-order valence-corrected chi connectivity index (χ3v) is 3.91. The van der Waals surface area contributed by atoms with Crippen LogP contribution in [0, 0.1) is 12.7 Å². The van der Waals surface area contributed by atoms with Crippen LogP contribution >= 0.6 is 0 Å². The monoisotopic (exact) mass is 336 g/mol. The number of hydrogen-bond donors (Lipinski definition) is 1. The maximum absolute atomic E-state index is 13.3. The first kappa shape index (κ1) is 16.8. The van der Waals surface area contributed by atoms with Crippen LogP contribution in [-0.2, 0) is 4.79 Å². The molecule has 3 aromatic rings. The molecule has 0 saturated heterocycles. The molecule has 126 valence electrons. The van der Waals surface area contributed by atoms with E-state index in [1.165, 1.54) is 26.0 Å². The number of hydrogen-bond acceptors (Lipinski definition) is 3. The van der Waals surface area contributed by atoms with Gasteiger partial charge in [-0.25, -0.2) is 9.37 Å². The lowest BCUT2D eigenvalue weighted by molar-refractivity contribution is -0.114. The summed E-state index contributed by atoms with van der Waals surface area (Å²) in [6.07, 6.45) is 0. The van der Waals surface area contributed by atoms with Crippen molar-refractivity contribution in [2.45, 2.75) is 20.8 Å². The first-order chi connectivity index (χ1) is 11.8. The van der Waals surface area contributed by atoms with Crippen LogP contribution in [0.5, 0.6) is 0 Å². The standard InChI is InChI=1S/C20H17FN2O2/c1-11-8-16(12(2)24)18-10-17(14-4-6-15(21)7-5-14)20(22-13(3)25)23-19(18)9-11/h4-10H,1-3H3,(H,22,23,25). The average molecular weight is 336 g/mol. The molecule has 1 amide bonds. The lowest BCUT2D eigenvalue weighted by atomic mass is 9.98. The first-order valence-electron chi connectivity index (χ1n) is 7.85. The minimum Gasteiger partial charge on any atom is -0.310 e. The summed E-state index contributed by atoms with van der Waals surface area (Å²) in [6.45, 7) is 4.80. The highest BCUT2D eigenvalue weighted by Crippen LogP contribution is 2.32. The second-order valence-electron chi connectivity index (χ2n) is 6.01. The third-order valence-electron chi connectivity index (χ3n) is 3.91. The molecule has 1 N–H and O–H groups in total. The quantitative estimate of drug-likeness (QED) is 0.716. The van der Waals surface area contributed by atoms with E-state index in [1.807, 2.05) is 25.1 Å². The van der Waals surface area contributed by atoms with E-state index in [0.29, 0.717) is 33.4 Å². The summed E-state index contributed by atoms with van der Waals surface area (Å²) >= 11 is 0. The zero-order valence-electron chi connectivity index (χ0n) is 14.2. The van der Waals surface area contributed by atoms with Crippen molar-refractivity contribution in [3.8, 4) is 11.1 Å². The van der Waals surface area contributed by atoms with Gasteiger partial charge in [0.05, 0.1) is 5.52 Å². The van der Waals surface area contributed by atoms with E-state index in [0.717, 1.165) is 5.56 Å². The number of aromatic nitrogens is 1. The van der Waals surface area contributed by atoms with E-state index in [4.69, 9.17) is 0 Å². The molecule has 0 unspecified atom stereocenters. The second-order valence-corrected chi connectivity index (χ2v) is 6.01. The van der Waals surface area contributed by atoms with Gasteiger partial charge in [-0.15, -0.1) is 0 Å². The van der Waals surface area contributed by atoms with Gasteiger partial charge in [0.1, 0.15) is 11.6 Å². The van der Waals surface area contributed by atoms with Crippen molar-refractivity contribution in [2.24, 2.45) is 0 Å². The molecule has 2 aromatic carbocycles. The number of anilines is 1. The fourth-order valence-corrected chi connectivity index (χ4v) is 2.82. The summed E-state index contributed by atoms with van der Waals surface area (Å²) in [5, 5.41) is 3.42. The van der Waals surface area contributed by atoms with Crippen molar-refractivity contribution in [3.63, 3.8) is 0 Å². The van der Waals surface area contributed by atoms with Gasteiger partial charge in [-0.1, -0.05) is 12.1 Å². The molecule has 1 heterocycles. The molecular formula is C20H17FN2O2. The summed E-state index contributed by atoms with van der Waals surface area (Å²) < 4.78 is 13.3. The van der Waals surface area contributed by atoms with Gasteiger partial charge in [0.25, 0.3) is 0 Å². The number of fused-ring (bicyclic) bond motifs is 1. The Labute approximate surface area is 144 Å². The summed E-state index contributed by atoms with van der Waals surface area (Å²) in [7, 11) is 0. The van der Waals surface area contributed by atoms with E-state index in [2.05, 4.69) is 10.3 Å². The normalized spacial score (nSPS) is 10.7. The second kappa shape index (κ2) is 6.43. The van der Waals surface area contributed by atoms with Crippen LogP contribution in [-0.4, -0.2) is 16.7 Å². The number of rotatable bonds is 3. The van der Waals surface area contributed by atoms with Gasteiger partial charge < -0.3 is 5.32 Å². The van der Waals surface area contributed by atoms with Crippen molar-refractivity contribution >= 4 is 28.4 Å². The molecule has 1 aromatic heterocycles. The smallest absolute Gasteiger partial charge is 0.222 e. The summed E-state index contributed by atoms with van der Waals surface area (Å²) in [6, 6.07) is 11.4. The first-order valence-corrected chi connectivity index (χ1v) is 7.85. The Kier molecular flexibility index (Phi) is 4.31. The van der Waals surface area contributed by atoms with Crippen LogP contribution in [0.25, 0.3) is 22.0 Å². The topological polar surface area (TPSA) is 59.1 Å². The van der Waals surface area contributed by atoms with Crippen LogP contribution in [0.1, 0.15) is 29.8 Å². The number of nitrogens with zero attached hydrogens (tertiary/aromatic N) is 1. The molecule has 0 atom stereocenters. The molecule has 0 fully saturated rings. The third kappa shape index (κ3) is 3.40. The van der Waals surface area contributed by atoms with Crippen molar-refractivity contribution in [1.29, 1.82) is 0 Å². The van der Waals surface area contributed by atoms with Crippen molar-refractivity contribution in [1.82, 2.24) is 4.98 Å². The molecule has 25 heavy (non-hydrogen) atoms. The van der Waals surface area contributed by atoms with Gasteiger partial charge >= 0.3 is 0 Å². The van der Waals surface area contributed by atoms with Gasteiger partial charge in [-0.2, -0.15) is 0 Å². The molecule has 4 nitrogen and oxygen atoms in total. The highest BCUT2D eigenvalue weighted by atomic mass is 19.1. The zero-order chi connectivity index (χ0) is 18.1. The molecular weight excluding hydrogens is 319 g/mol. The molecule has 0 aliphatic carbocycles.